The highest BCUT2D eigenvalue weighted by Gasteiger charge is 2.18. The Morgan fingerprint density at radius 3 is 3.00 bits per heavy atom. The quantitative estimate of drug-likeness (QED) is 0.932. The number of hydrogen-bond donors (Lipinski definition) is 1. The standard InChI is InChI=1S/C16H19NO3/c1-10-15(11(2)20-17-10)9-19-13-6-7-14-12(8-13)4-3-5-16(14)18/h6-8,16,18H,3-5,9H2,1-2H3. The SMILES string of the molecule is Cc1noc(C)c1COc1ccc2c(c1)CCCC2O. The van der Waals surface area contributed by atoms with E-state index < -0.39 is 0 Å². The van der Waals surface area contributed by atoms with Crippen molar-refractivity contribution >= 4 is 0 Å². The highest BCUT2D eigenvalue weighted by molar-refractivity contribution is 5.38. The fraction of sp³-hybridized carbons (Fsp3) is 0.438. The normalized spacial score (nSPS) is 17.9. The lowest BCUT2D eigenvalue weighted by Crippen LogP contribution is -2.09. The highest BCUT2D eigenvalue weighted by Crippen LogP contribution is 2.32. The Balaban J connectivity index is 1.76. The first-order chi connectivity index (χ1) is 9.65. The predicted molar refractivity (Wildman–Crippen MR) is 74.6 cm³/mol. The molecule has 1 unspecified atom stereocenters. The zero-order valence-electron chi connectivity index (χ0n) is 11.8. The van der Waals surface area contributed by atoms with E-state index in [1.54, 1.807) is 0 Å². The number of fused-ring (bicyclic) bond motifs is 1. The van der Waals surface area contributed by atoms with Gasteiger partial charge in [-0.1, -0.05) is 11.2 Å². The summed E-state index contributed by atoms with van der Waals surface area (Å²) in [4.78, 5) is 0. The molecule has 4 nitrogen and oxygen atoms in total. The van der Waals surface area contributed by atoms with Crippen LogP contribution in [0.25, 0.3) is 0 Å². The lowest BCUT2D eigenvalue weighted by Gasteiger charge is -2.21. The number of benzene rings is 1. The maximum Gasteiger partial charge on any atom is 0.140 e. The second kappa shape index (κ2) is 5.29. The second-order valence-electron chi connectivity index (χ2n) is 5.36. The van der Waals surface area contributed by atoms with Gasteiger partial charge in [0.1, 0.15) is 18.1 Å². The fourth-order valence-corrected chi connectivity index (χ4v) is 2.72. The van der Waals surface area contributed by atoms with E-state index in [4.69, 9.17) is 9.26 Å². The summed E-state index contributed by atoms with van der Waals surface area (Å²) in [5.41, 5.74) is 4.11. The molecule has 1 aliphatic carbocycles. The molecule has 3 rings (SSSR count). The molecule has 20 heavy (non-hydrogen) atoms. The number of hydrogen-bond acceptors (Lipinski definition) is 4. The third kappa shape index (κ3) is 2.43. The van der Waals surface area contributed by atoms with Crippen LogP contribution in [0.2, 0.25) is 0 Å². The first-order valence-electron chi connectivity index (χ1n) is 7.00. The minimum absolute atomic E-state index is 0.324. The molecule has 0 spiro atoms. The minimum atomic E-state index is -0.324. The highest BCUT2D eigenvalue weighted by atomic mass is 16.5. The monoisotopic (exact) mass is 273 g/mol. The molecule has 1 aromatic carbocycles. The van der Waals surface area contributed by atoms with Crippen LogP contribution in [0, 0.1) is 13.8 Å². The van der Waals surface area contributed by atoms with Crippen molar-refractivity contribution in [3.63, 3.8) is 0 Å². The van der Waals surface area contributed by atoms with Crippen LogP contribution < -0.4 is 4.74 Å². The van der Waals surface area contributed by atoms with Crippen molar-refractivity contribution in [2.45, 2.75) is 45.8 Å². The fourth-order valence-electron chi connectivity index (χ4n) is 2.72. The van der Waals surface area contributed by atoms with Gasteiger partial charge < -0.3 is 14.4 Å². The molecular weight excluding hydrogens is 254 g/mol. The van der Waals surface area contributed by atoms with Crippen molar-refractivity contribution in [3.05, 3.63) is 46.3 Å². The smallest absolute Gasteiger partial charge is 0.140 e. The molecule has 0 amide bonds. The van der Waals surface area contributed by atoms with Gasteiger partial charge in [-0.15, -0.1) is 0 Å². The van der Waals surface area contributed by atoms with Crippen LogP contribution in [0.5, 0.6) is 5.75 Å². The lowest BCUT2D eigenvalue weighted by atomic mass is 9.89. The minimum Gasteiger partial charge on any atom is -0.489 e. The van der Waals surface area contributed by atoms with Crippen molar-refractivity contribution in [2.75, 3.05) is 0 Å². The van der Waals surface area contributed by atoms with E-state index in [1.807, 2.05) is 32.0 Å². The molecule has 2 aromatic rings. The molecule has 1 aromatic heterocycles. The van der Waals surface area contributed by atoms with Crippen molar-refractivity contribution < 1.29 is 14.4 Å². The van der Waals surface area contributed by atoms with E-state index in [9.17, 15) is 5.11 Å². The van der Waals surface area contributed by atoms with Gasteiger partial charge in [0.2, 0.25) is 0 Å². The molecule has 0 radical (unpaired) electrons. The van der Waals surface area contributed by atoms with Gasteiger partial charge in [0, 0.05) is 0 Å². The number of ether oxygens (including phenoxy) is 1. The summed E-state index contributed by atoms with van der Waals surface area (Å²) >= 11 is 0. The third-order valence-corrected chi connectivity index (χ3v) is 3.96. The topological polar surface area (TPSA) is 55.5 Å². The van der Waals surface area contributed by atoms with Gasteiger partial charge >= 0.3 is 0 Å². The van der Waals surface area contributed by atoms with Crippen LogP contribution in [0.4, 0.5) is 0 Å². The van der Waals surface area contributed by atoms with Gasteiger partial charge in [0.25, 0.3) is 0 Å². The Morgan fingerprint density at radius 2 is 2.25 bits per heavy atom. The zero-order valence-corrected chi connectivity index (χ0v) is 11.8. The van der Waals surface area contributed by atoms with Crippen LogP contribution in [0.1, 0.15) is 47.1 Å². The predicted octanol–water partition coefficient (Wildman–Crippen LogP) is 3.24. The number of rotatable bonds is 3. The molecule has 0 bridgehead atoms. The van der Waals surface area contributed by atoms with E-state index in [1.165, 1.54) is 5.56 Å². The molecule has 4 heteroatoms. The van der Waals surface area contributed by atoms with E-state index in [-0.39, 0.29) is 6.10 Å². The van der Waals surface area contributed by atoms with Crippen molar-refractivity contribution in [3.8, 4) is 5.75 Å². The Kier molecular flexibility index (Phi) is 3.49. The third-order valence-electron chi connectivity index (χ3n) is 3.96. The summed E-state index contributed by atoms with van der Waals surface area (Å²) in [6, 6.07) is 5.93. The molecule has 1 heterocycles. The second-order valence-corrected chi connectivity index (χ2v) is 5.36. The summed E-state index contributed by atoms with van der Waals surface area (Å²) in [6.45, 7) is 4.27. The summed E-state index contributed by atoms with van der Waals surface area (Å²) in [6.07, 6.45) is 2.57. The largest absolute Gasteiger partial charge is 0.489 e. The number of aromatic nitrogens is 1. The maximum absolute atomic E-state index is 9.94. The Bertz CT molecular complexity index is 599. The average Bonchev–Trinajstić information content (AvgIpc) is 2.76. The van der Waals surface area contributed by atoms with Gasteiger partial charge in [-0.05, 0) is 56.4 Å². The molecular formula is C16H19NO3. The number of aliphatic hydroxyl groups excluding tert-OH is 1. The zero-order chi connectivity index (χ0) is 14.1. The van der Waals surface area contributed by atoms with Gasteiger partial charge in [0.15, 0.2) is 0 Å². The summed E-state index contributed by atoms with van der Waals surface area (Å²) < 4.78 is 11.0. The molecule has 0 saturated carbocycles. The van der Waals surface area contributed by atoms with Crippen molar-refractivity contribution in [1.29, 1.82) is 0 Å². The van der Waals surface area contributed by atoms with E-state index in [0.717, 1.165) is 47.6 Å². The van der Waals surface area contributed by atoms with Gasteiger partial charge in [-0.25, -0.2) is 0 Å². The Labute approximate surface area is 118 Å². The Morgan fingerprint density at radius 1 is 1.40 bits per heavy atom. The number of aliphatic hydroxyl groups is 1. The van der Waals surface area contributed by atoms with E-state index >= 15 is 0 Å². The van der Waals surface area contributed by atoms with Crippen LogP contribution in [0.3, 0.4) is 0 Å². The number of aryl methyl sites for hydroxylation is 3. The van der Waals surface area contributed by atoms with Crippen LogP contribution >= 0.6 is 0 Å². The maximum atomic E-state index is 9.94. The first kappa shape index (κ1) is 13.2. The van der Waals surface area contributed by atoms with Crippen LogP contribution in [-0.4, -0.2) is 10.3 Å². The van der Waals surface area contributed by atoms with Gasteiger partial charge in [-0.3, -0.25) is 0 Å². The first-order valence-corrected chi connectivity index (χ1v) is 7.00. The lowest BCUT2D eigenvalue weighted by molar-refractivity contribution is 0.156. The van der Waals surface area contributed by atoms with Crippen LogP contribution in [-0.2, 0) is 13.0 Å². The molecule has 0 saturated heterocycles. The Hall–Kier alpha value is -1.81. The summed E-state index contributed by atoms with van der Waals surface area (Å²) in [7, 11) is 0. The molecule has 1 N–H and O–H groups in total. The van der Waals surface area contributed by atoms with E-state index in [2.05, 4.69) is 5.16 Å². The summed E-state index contributed by atoms with van der Waals surface area (Å²) in [5.74, 6) is 1.63. The number of nitrogens with zero attached hydrogens (tertiary/aromatic N) is 1. The van der Waals surface area contributed by atoms with Crippen molar-refractivity contribution in [1.82, 2.24) is 5.16 Å². The molecule has 106 valence electrons. The average molecular weight is 273 g/mol. The molecule has 1 atom stereocenters. The van der Waals surface area contributed by atoms with Crippen LogP contribution in [0.15, 0.2) is 22.7 Å². The summed E-state index contributed by atoms with van der Waals surface area (Å²) in [5, 5.41) is 13.9. The van der Waals surface area contributed by atoms with Gasteiger partial charge in [0.05, 0.1) is 17.4 Å². The van der Waals surface area contributed by atoms with E-state index in [0.29, 0.717) is 6.61 Å². The van der Waals surface area contributed by atoms with Crippen molar-refractivity contribution in [2.24, 2.45) is 0 Å². The van der Waals surface area contributed by atoms with Gasteiger partial charge in [-0.2, -0.15) is 0 Å². The molecule has 0 aliphatic heterocycles. The molecule has 1 aliphatic rings. The molecule has 0 fully saturated rings.